The Morgan fingerprint density at radius 2 is 1.84 bits per heavy atom. The summed E-state index contributed by atoms with van der Waals surface area (Å²) in [6.45, 7) is 3.23. The standard InChI is InChI=1S/C13H10F3NO2/c1-6-5-8(7(2)19-6)13(18)17-10-4-3-9(14)11(15)12(10)16/h3-5H,1-2H3,(H,17,18). The van der Waals surface area contributed by atoms with Crippen molar-refractivity contribution in [1.29, 1.82) is 0 Å². The van der Waals surface area contributed by atoms with Crippen LogP contribution in [0.3, 0.4) is 0 Å². The van der Waals surface area contributed by atoms with Crippen LogP contribution in [0.1, 0.15) is 21.9 Å². The number of anilines is 1. The number of rotatable bonds is 2. The third kappa shape index (κ3) is 2.47. The van der Waals surface area contributed by atoms with E-state index in [1.807, 2.05) is 0 Å². The van der Waals surface area contributed by atoms with Gasteiger partial charge in [-0.2, -0.15) is 0 Å². The lowest BCUT2D eigenvalue weighted by atomic mass is 10.2. The lowest BCUT2D eigenvalue weighted by Crippen LogP contribution is -2.14. The molecule has 0 unspecified atom stereocenters. The zero-order valence-electron chi connectivity index (χ0n) is 10.2. The lowest BCUT2D eigenvalue weighted by molar-refractivity contribution is 0.102. The Hall–Kier alpha value is -2.24. The Kier molecular flexibility index (Phi) is 3.33. The van der Waals surface area contributed by atoms with E-state index in [-0.39, 0.29) is 5.56 Å². The molecule has 0 spiro atoms. The number of hydrogen-bond donors (Lipinski definition) is 1. The molecule has 0 aliphatic rings. The van der Waals surface area contributed by atoms with Crippen molar-refractivity contribution in [1.82, 2.24) is 0 Å². The highest BCUT2D eigenvalue weighted by Crippen LogP contribution is 2.21. The summed E-state index contributed by atoms with van der Waals surface area (Å²) in [5, 5.41) is 2.17. The van der Waals surface area contributed by atoms with Gasteiger partial charge >= 0.3 is 0 Å². The molecule has 0 fully saturated rings. The number of amides is 1. The fraction of sp³-hybridized carbons (Fsp3) is 0.154. The second kappa shape index (κ2) is 4.79. The molecule has 0 saturated heterocycles. The summed E-state index contributed by atoms with van der Waals surface area (Å²) in [4.78, 5) is 11.8. The highest BCUT2D eigenvalue weighted by Gasteiger charge is 2.18. The third-order valence-electron chi connectivity index (χ3n) is 2.57. The van der Waals surface area contributed by atoms with E-state index in [1.165, 1.54) is 6.07 Å². The average molecular weight is 269 g/mol. The minimum absolute atomic E-state index is 0.210. The molecule has 3 nitrogen and oxygen atoms in total. The van der Waals surface area contributed by atoms with Gasteiger partial charge in [-0.1, -0.05) is 0 Å². The molecular formula is C13H10F3NO2. The smallest absolute Gasteiger partial charge is 0.259 e. The minimum Gasteiger partial charge on any atom is -0.466 e. The molecule has 6 heteroatoms. The van der Waals surface area contributed by atoms with E-state index in [9.17, 15) is 18.0 Å². The van der Waals surface area contributed by atoms with Crippen LogP contribution in [0, 0.1) is 31.3 Å². The summed E-state index contributed by atoms with van der Waals surface area (Å²) in [5.74, 6) is -4.15. The molecule has 19 heavy (non-hydrogen) atoms. The highest BCUT2D eigenvalue weighted by molar-refractivity contribution is 6.05. The van der Waals surface area contributed by atoms with E-state index in [4.69, 9.17) is 4.42 Å². The Labute approximate surface area is 107 Å². The second-order valence-corrected chi connectivity index (χ2v) is 4.00. The summed E-state index contributed by atoms with van der Waals surface area (Å²) < 4.78 is 44.3. The van der Waals surface area contributed by atoms with Gasteiger partial charge in [0.1, 0.15) is 11.5 Å². The summed E-state index contributed by atoms with van der Waals surface area (Å²) in [7, 11) is 0. The number of aryl methyl sites for hydroxylation is 2. The monoisotopic (exact) mass is 269 g/mol. The van der Waals surface area contributed by atoms with Gasteiger partial charge in [-0.05, 0) is 32.0 Å². The van der Waals surface area contributed by atoms with Crippen LogP contribution in [-0.4, -0.2) is 5.91 Å². The van der Waals surface area contributed by atoms with Crippen molar-refractivity contribution in [3.63, 3.8) is 0 Å². The van der Waals surface area contributed by atoms with Gasteiger partial charge in [0.25, 0.3) is 5.91 Å². The molecule has 1 heterocycles. The van der Waals surface area contributed by atoms with Crippen molar-refractivity contribution in [2.24, 2.45) is 0 Å². The molecule has 0 saturated carbocycles. The first kappa shape index (κ1) is 13.2. The maximum atomic E-state index is 13.4. The van der Waals surface area contributed by atoms with Gasteiger partial charge < -0.3 is 9.73 Å². The van der Waals surface area contributed by atoms with E-state index >= 15 is 0 Å². The fourth-order valence-electron chi connectivity index (χ4n) is 1.67. The largest absolute Gasteiger partial charge is 0.466 e. The molecule has 0 aliphatic heterocycles. The Morgan fingerprint density at radius 3 is 2.42 bits per heavy atom. The van der Waals surface area contributed by atoms with Gasteiger partial charge in [0, 0.05) is 0 Å². The van der Waals surface area contributed by atoms with Gasteiger partial charge in [-0.3, -0.25) is 4.79 Å². The maximum absolute atomic E-state index is 13.4. The van der Waals surface area contributed by atoms with E-state index in [1.54, 1.807) is 13.8 Å². The van der Waals surface area contributed by atoms with Crippen LogP contribution in [0.2, 0.25) is 0 Å². The first-order valence-electron chi connectivity index (χ1n) is 5.42. The molecule has 2 aromatic rings. The van der Waals surface area contributed by atoms with Gasteiger partial charge in [-0.25, -0.2) is 13.2 Å². The van der Waals surface area contributed by atoms with Crippen LogP contribution >= 0.6 is 0 Å². The molecule has 1 amide bonds. The van der Waals surface area contributed by atoms with E-state index < -0.39 is 29.0 Å². The molecule has 0 aliphatic carbocycles. The number of hydrogen-bond acceptors (Lipinski definition) is 2. The number of halogens is 3. The third-order valence-corrected chi connectivity index (χ3v) is 2.57. The highest BCUT2D eigenvalue weighted by atomic mass is 19.2. The first-order valence-corrected chi connectivity index (χ1v) is 5.42. The summed E-state index contributed by atoms with van der Waals surface area (Å²) in [5.41, 5.74) is -0.219. The summed E-state index contributed by atoms with van der Waals surface area (Å²) in [6.07, 6.45) is 0. The van der Waals surface area contributed by atoms with Crippen molar-refractivity contribution in [2.45, 2.75) is 13.8 Å². The van der Waals surface area contributed by atoms with Crippen LogP contribution in [0.4, 0.5) is 18.9 Å². The molecule has 1 N–H and O–H groups in total. The maximum Gasteiger partial charge on any atom is 0.259 e. The predicted molar refractivity (Wildman–Crippen MR) is 62.5 cm³/mol. The van der Waals surface area contributed by atoms with Crippen molar-refractivity contribution < 1.29 is 22.4 Å². The minimum atomic E-state index is -1.63. The Morgan fingerprint density at radius 1 is 1.16 bits per heavy atom. The molecule has 2 rings (SSSR count). The van der Waals surface area contributed by atoms with Crippen LogP contribution < -0.4 is 5.32 Å². The zero-order valence-corrected chi connectivity index (χ0v) is 10.2. The SMILES string of the molecule is Cc1cc(C(=O)Nc2ccc(F)c(F)c2F)c(C)o1. The zero-order chi connectivity index (χ0) is 14.2. The van der Waals surface area contributed by atoms with Crippen molar-refractivity contribution >= 4 is 11.6 Å². The number of carbonyl (C=O) groups is 1. The van der Waals surface area contributed by atoms with E-state index in [0.717, 1.165) is 12.1 Å². The average Bonchev–Trinajstić information content (AvgIpc) is 2.69. The fourth-order valence-corrected chi connectivity index (χ4v) is 1.67. The molecule has 0 bridgehead atoms. The number of carbonyl (C=O) groups excluding carboxylic acids is 1. The van der Waals surface area contributed by atoms with Crippen LogP contribution in [0.15, 0.2) is 22.6 Å². The summed E-state index contributed by atoms with van der Waals surface area (Å²) in [6, 6.07) is 3.16. The molecule has 100 valence electrons. The number of furan rings is 1. The Balaban J connectivity index is 2.29. The Bertz CT molecular complexity index is 650. The number of nitrogens with one attached hydrogen (secondary N) is 1. The molecule has 0 radical (unpaired) electrons. The van der Waals surface area contributed by atoms with Gasteiger partial charge in [0.15, 0.2) is 17.5 Å². The number of benzene rings is 1. The van der Waals surface area contributed by atoms with Crippen molar-refractivity contribution in [3.8, 4) is 0 Å². The van der Waals surface area contributed by atoms with Crippen molar-refractivity contribution in [2.75, 3.05) is 5.32 Å². The van der Waals surface area contributed by atoms with Gasteiger partial charge in [0.2, 0.25) is 0 Å². The molecular weight excluding hydrogens is 259 g/mol. The van der Waals surface area contributed by atoms with Gasteiger partial charge in [0.05, 0.1) is 11.3 Å². The predicted octanol–water partition coefficient (Wildman–Crippen LogP) is 3.57. The topological polar surface area (TPSA) is 42.2 Å². The van der Waals surface area contributed by atoms with Crippen LogP contribution in [0.25, 0.3) is 0 Å². The van der Waals surface area contributed by atoms with Crippen molar-refractivity contribution in [3.05, 3.63) is 52.7 Å². The lowest BCUT2D eigenvalue weighted by Gasteiger charge is -2.06. The molecule has 0 atom stereocenters. The van der Waals surface area contributed by atoms with E-state index in [0.29, 0.717) is 11.5 Å². The quantitative estimate of drug-likeness (QED) is 0.847. The van der Waals surface area contributed by atoms with E-state index in [2.05, 4.69) is 5.32 Å². The van der Waals surface area contributed by atoms with Gasteiger partial charge in [-0.15, -0.1) is 0 Å². The second-order valence-electron chi connectivity index (χ2n) is 4.00. The normalized spacial score (nSPS) is 10.6. The van der Waals surface area contributed by atoms with Crippen LogP contribution in [0.5, 0.6) is 0 Å². The molecule has 1 aromatic carbocycles. The summed E-state index contributed by atoms with van der Waals surface area (Å²) >= 11 is 0. The first-order chi connectivity index (χ1) is 8.90. The van der Waals surface area contributed by atoms with Crippen LogP contribution in [-0.2, 0) is 0 Å². The molecule has 1 aromatic heterocycles.